The minimum Gasteiger partial charge on any atom is -0.378 e. The van der Waals surface area contributed by atoms with Crippen molar-refractivity contribution in [2.75, 3.05) is 32.1 Å². The summed E-state index contributed by atoms with van der Waals surface area (Å²) in [4.78, 5) is 2.02. The van der Waals surface area contributed by atoms with Crippen molar-refractivity contribution in [2.45, 2.75) is 29.7 Å². The zero-order valence-electron chi connectivity index (χ0n) is 14.6. The van der Waals surface area contributed by atoms with Gasteiger partial charge < -0.3 is 9.64 Å². The van der Waals surface area contributed by atoms with E-state index in [0.717, 1.165) is 30.7 Å². The quantitative estimate of drug-likeness (QED) is 0.740. The van der Waals surface area contributed by atoms with E-state index < -0.39 is 10.0 Å². The van der Waals surface area contributed by atoms with Gasteiger partial charge in [-0.25, -0.2) is 8.42 Å². The molecule has 0 N–H and O–H groups in total. The molecule has 5 nitrogen and oxygen atoms in total. The summed E-state index contributed by atoms with van der Waals surface area (Å²) in [5.41, 5.74) is 2.07. The van der Waals surface area contributed by atoms with Crippen LogP contribution in [-0.4, -0.2) is 46.1 Å². The lowest BCUT2D eigenvalue weighted by Gasteiger charge is -2.24. The number of anilines is 1. The highest BCUT2D eigenvalue weighted by atomic mass is 32.2. The maximum atomic E-state index is 13.0. The van der Waals surface area contributed by atoms with Crippen LogP contribution in [0, 0.1) is 0 Å². The summed E-state index contributed by atoms with van der Waals surface area (Å²) in [5, 5.41) is 1.79. The van der Waals surface area contributed by atoms with Crippen LogP contribution in [0.1, 0.15) is 18.4 Å². The highest BCUT2D eigenvalue weighted by Crippen LogP contribution is 2.25. The molecule has 0 bridgehead atoms. The Morgan fingerprint density at radius 1 is 1.20 bits per heavy atom. The first-order chi connectivity index (χ1) is 12.0. The number of ether oxygens (including phenoxy) is 1. The summed E-state index contributed by atoms with van der Waals surface area (Å²) >= 11 is 1.26. The van der Waals surface area contributed by atoms with E-state index >= 15 is 0 Å². The topological polar surface area (TPSA) is 49.9 Å². The van der Waals surface area contributed by atoms with Crippen LogP contribution in [0.2, 0.25) is 0 Å². The van der Waals surface area contributed by atoms with Gasteiger partial charge in [-0.05, 0) is 42.0 Å². The summed E-state index contributed by atoms with van der Waals surface area (Å²) in [6.45, 7) is 1.47. The van der Waals surface area contributed by atoms with E-state index in [-0.39, 0.29) is 6.10 Å². The van der Waals surface area contributed by atoms with Crippen LogP contribution in [0.15, 0.2) is 46.0 Å². The van der Waals surface area contributed by atoms with Crippen molar-refractivity contribution in [3.63, 3.8) is 0 Å². The third-order valence-corrected chi connectivity index (χ3v) is 7.52. The van der Waals surface area contributed by atoms with E-state index in [2.05, 4.69) is 0 Å². The fourth-order valence-electron chi connectivity index (χ4n) is 2.90. The Morgan fingerprint density at radius 2 is 1.96 bits per heavy atom. The molecule has 7 heteroatoms. The number of thiophene rings is 1. The van der Waals surface area contributed by atoms with E-state index in [1.807, 2.05) is 43.3 Å². The van der Waals surface area contributed by atoms with E-state index in [1.165, 1.54) is 11.3 Å². The monoisotopic (exact) mass is 380 g/mol. The van der Waals surface area contributed by atoms with Crippen molar-refractivity contribution in [1.29, 1.82) is 0 Å². The van der Waals surface area contributed by atoms with Gasteiger partial charge in [0.25, 0.3) is 10.0 Å². The summed E-state index contributed by atoms with van der Waals surface area (Å²) in [6, 6.07) is 11.4. The molecule has 3 rings (SSSR count). The summed E-state index contributed by atoms with van der Waals surface area (Å²) < 4.78 is 33.7. The van der Waals surface area contributed by atoms with Crippen LogP contribution < -0.4 is 4.90 Å². The first-order valence-corrected chi connectivity index (χ1v) is 10.7. The standard InChI is InChI=1S/C18H24N2O3S2/c1-19(2)16-9-7-15(8-10-16)13-20(14-17-5-3-11-23-17)25(21,22)18-6-4-12-24-18/h4,6-10,12,17H,3,5,11,13-14H2,1-2H3/t17-/m1/s1. The van der Waals surface area contributed by atoms with Crippen molar-refractivity contribution in [1.82, 2.24) is 4.31 Å². The number of sulfonamides is 1. The average Bonchev–Trinajstić information content (AvgIpc) is 3.28. The molecular formula is C18H24N2O3S2. The molecule has 2 aromatic rings. The Bertz CT molecular complexity index is 765. The molecular weight excluding hydrogens is 356 g/mol. The summed E-state index contributed by atoms with van der Waals surface area (Å²) in [7, 11) is 0.464. The second kappa shape index (κ2) is 7.86. The molecule has 0 saturated carbocycles. The lowest BCUT2D eigenvalue weighted by molar-refractivity contribution is 0.0926. The van der Waals surface area contributed by atoms with Crippen LogP contribution in [-0.2, 0) is 21.3 Å². The highest BCUT2D eigenvalue weighted by Gasteiger charge is 2.29. The minimum atomic E-state index is -3.51. The van der Waals surface area contributed by atoms with Gasteiger partial charge in [-0.2, -0.15) is 4.31 Å². The molecule has 136 valence electrons. The molecule has 1 aliphatic heterocycles. The van der Waals surface area contributed by atoms with Crippen molar-refractivity contribution in [3.05, 3.63) is 47.3 Å². The van der Waals surface area contributed by atoms with Crippen molar-refractivity contribution in [2.24, 2.45) is 0 Å². The van der Waals surface area contributed by atoms with Crippen molar-refractivity contribution >= 4 is 27.0 Å². The summed E-state index contributed by atoms with van der Waals surface area (Å²) in [5.74, 6) is 0. The van der Waals surface area contributed by atoms with E-state index in [9.17, 15) is 8.42 Å². The Labute approximate surface area is 153 Å². The van der Waals surface area contributed by atoms with Crippen LogP contribution >= 0.6 is 11.3 Å². The van der Waals surface area contributed by atoms with E-state index in [1.54, 1.807) is 21.8 Å². The van der Waals surface area contributed by atoms with Crippen molar-refractivity contribution in [3.8, 4) is 0 Å². The molecule has 2 heterocycles. The fourth-order valence-corrected chi connectivity index (χ4v) is 5.51. The molecule has 1 aromatic heterocycles. The number of hydrogen-bond acceptors (Lipinski definition) is 5. The largest absolute Gasteiger partial charge is 0.378 e. The molecule has 0 radical (unpaired) electrons. The van der Waals surface area contributed by atoms with Gasteiger partial charge in [0, 0.05) is 39.5 Å². The van der Waals surface area contributed by atoms with Crippen LogP contribution in [0.3, 0.4) is 0 Å². The molecule has 1 saturated heterocycles. The molecule has 1 aliphatic rings. The fraction of sp³-hybridized carbons (Fsp3) is 0.444. The maximum Gasteiger partial charge on any atom is 0.252 e. The average molecular weight is 381 g/mol. The van der Waals surface area contributed by atoms with Gasteiger partial charge in [0.05, 0.1) is 6.10 Å². The zero-order chi connectivity index (χ0) is 17.9. The third-order valence-electron chi connectivity index (χ3n) is 4.33. The van der Waals surface area contributed by atoms with E-state index in [0.29, 0.717) is 17.3 Å². The Hall–Kier alpha value is -1.41. The van der Waals surface area contributed by atoms with Crippen LogP contribution in [0.25, 0.3) is 0 Å². The van der Waals surface area contributed by atoms with Gasteiger partial charge in [-0.3, -0.25) is 0 Å². The molecule has 0 aliphatic carbocycles. The molecule has 1 aromatic carbocycles. The first-order valence-electron chi connectivity index (χ1n) is 8.38. The Kier molecular flexibility index (Phi) is 5.78. The lowest BCUT2D eigenvalue weighted by atomic mass is 10.2. The van der Waals surface area contributed by atoms with Gasteiger partial charge in [0.2, 0.25) is 0 Å². The summed E-state index contributed by atoms with van der Waals surface area (Å²) in [6.07, 6.45) is 1.89. The van der Waals surface area contributed by atoms with Crippen molar-refractivity contribution < 1.29 is 13.2 Å². The molecule has 1 atom stereocenters. The van der Waals surface area contributed by atoms with E-state index in [4.69, 9.17) is 4.74 Å². The number of rotatable bonds is 7. The molecule has 25 heavy (non-hydrogen) atoms. The first kappa shape index (κ1) is 18.4. The minimum absolute atomic E-state index is 0.0178. The Morgan fingerprint density at radius 3 is 2.52 bits per heavy atom. The highest BCUT2D eigenvalue weighted by molar-refractivity contribution is 7.91. The lowest BCUT2D eigenvalue weighted by Crippen LogP contribution is -2.36. The second-order valence-electron chi connectivity index (χ2n) is 6.43. The SMILES string of the molecule is CN(C)c1ccc(CN(C[C@H]2CCCO2)S(=O)(=O)c2cccs2)cc1. The third kappa shape index (κ3) is 4.41. The molecule has 0 unspecified atom stereocenters. The van der Waals surface area contributed by atoms with Gasteiger partial charge >= 0.3 is 0 Å². The molecule has 0 spiro atoms. The molecule has 0 amide bonds. The molecule has 1 fully saturated rings. The van der Waals surface area contributed by atoms with Gasteiger partial charge in [-0.1, -0.05) is 18.2 Å². The second-order valence-corrected chi connectivity index (χ2v) is 9.54. The zero-order valence-corrected chi connectivity index (χ0v) is 16.2. The number of benzene rings is 1. The predicted molar refractivity (Wildman–Crippen MR) is 102 cm³/mol. The Balaban J connectivity index is 1.83. The van der Waals surface area contributed by atoms with Gasteiger partial charge in [0.1, 0.15) is 4.21 Å². The smallest absolute Gasteiger partial charge is 0.252 e. The van der Waals surface area contributed by atoms with Gasteiger partial charge in [-0.15, -0.1) is 11.3 Å². The normalized spacial score (nSPS) is 18.0. The maximum absolute atomic E-state index is 13.0. The number of nitrogens with zero attached hydrogens (tertiary/aromatic N) is 2. The van der Waals surface area contributed by atoms with Gasteiger partial charge in [0.15, 0.2) is 0 Å². The van der Waals surface area contributed by atoms with Crippen LogP contribution in [0.5, 0.6) is 0 Å². The predicted octanol–water partition coefficient (Wildman–Crippen LogP) is 3.18. The number of hydrogen-bond donors (Lipinski definition) is 0. The van der Waals surface area contributed by atoms with Crippen LogP contribution in [0.4, 0.5) is 5.69 Å².